The molecule has 0 aliphatic heterocycles. The molecule has 30 heavy (non-hydrogen) atoms. The van der Waals surface area contributed by atoms with E-state index in [2.05, 4.69) is 20.3 Å². The van der Waals surface area contributed by atoms with Gasteiger partial charge >= 0.3 is 5.97 Å². The molecule has 5 aromatic rings. The molecule has 146 valence electrons. The lowest BCUT2D eigenvalue weighted by atomic mass is 10.0. The van der Waals surface area contributed by atoms with E-state index >= 15 is 0 Å². The summed E-state index contributed by atoms with van der Waals surface area (Å²) in [6.07, 6.45) is 0. The van der Waals surface area contributed by atoms with Gasteiger partial charge in [0.15, 0.2) is 0 Å². The van der Waals surface area contributed by atoms with Crippen LogP contribution in [0.15, 0.2) is 72.8 Å². The Morgan fingerprint density at radius 3 is 2.57 bits per heavy atom. The number of rotatable bonds is 4. The number of fused-ring (bicyclic) bond motifs is 1. The molecule has 0 fully saturated rings. The number of hydrogen-bond donors (Lipinski definition) is 2. The molecule has 5 rings (SSSR count). The van der Waals surface area contributed by atoms with Crippen LogP contribution in [0.5, 0.6) is 0 Å². The van der Waals surface area contributed by atoms with Crippen molar-refractivity contribution in [2.45, 2.75) is 6.92 Å². The Morgan fingerprint density at radius 2 is 1.80 bits per heavy atom. The maximum absolute atomic E-state index is 11.6. The number of carboxylic acids is 1. The van der Waals surface area contributed by atoms with Crippen molar-refractivity contribution in [3.8, 4) is 28.2 Å². The first-order chi connectivity index (χ1) is 14.6. The molecule has 2 aromatic heterocycles. The van der Waals surface area contributed by atoms with E-state index in [1.165, 1.54) is 0 Å². The van der Waals surface area contributed by atoms with E-state index < -0.39 is 5.97 Å². The van der Waals surface area contributed by atoms with Crippen LogP contribution in [0.3, 0.4) is 0 Å². The van der Waals surface area contributed by atoms with Crippen LogP contribution < -0.4 is 0 Å². The van der Waals surface area contributed by atoms with Crippen LogP contribution in [0, 0.1) is 6.92 Å². The number of para-hydroxylation sites is 1. The molecule has 0 amide bonds. The number of carbonyl (C=O) groups is 1. The molecule has 0 aliphatic carbocycles. The highest BCUT2D eigenvalue weighted by atomic mass is 16.4. The summed E-state index contributed by atoms with van der Waals surface area (Å²) < 4.78 is 1.76. The fourth-order valence-electron chi connectivity index (χ4n) is 3.52. The minimum atomic E-state index is -1.10. The number of aryl methyl sites for hydroxylation is 1. The first-order valence-electron chi connectivity index (χ1n) is 9.42. The van der Waals surface area contributed by atoms with Gasteiger partial charge in [0.25, 0.3) is 0 Å². The Balaban J connectivity index is 1.71. The van der Waals surface area contributed by atoms with E-state index in [4.69, 9.17) is 0 Å². The Morgan fingerprint density at radius 1 is 0.967 bits per heavy atom. The van der Waals surface area contributed by atoms with Gasteiger partial charge in [0.05, 0.1) is 22.6 Å². The number of H-pyrrole nitrogens is 1. The van der Waals surface area contributed by atoms with Gasteiger partial charge in [0, 0.05) is 11.1 Å². The van der Waals surface area contributed by atoms with Crippen molar-refractivity contribution in [2.75, 3.05) is 0 Å². The van der Waals surface area contributed by atoms with E-state index in [9.17, 15) is 9.90 Å². The second kappa shape index (κ2) is 6.97. The standard InChI is InChI=1S/C23H17N5O2/c1-14-6-5-7-15(12-14)20-21(25-22(24-20)23(29)30)16-10-11-18-19(13-16)28(27-26-18)17-8-3-2-4-9-17/h2-13H,1H3,(H,24,25)(H,29,30). The summed E-state index contributed by atoms with van der Waals surface area (Å²) in [4.78, 5) is 18.9. The average Bonchev–Trinajstić information content (AvgIpc) is 3.39. The van der Waals surface area contributed by atoms with Crippen LogP contribution in [-0.4, -0.2) is 36.0 Å². The number of carboxylic acid groups (broad SMARTS) is 1. The first-order valence-corrected chi connectivity index (χ1v) is 9.42. The zero-order valence-corrected chi connectivity index (χ0v) is 16.1. The maximum atomic E-state index is 11.6. The summed E-state index contributed by atoms with van der Waals surface area (Å²) >= 11 is 0. The molecule has 0 atom stereocenters. The topological polar surface area (TPSA) is 96.7 Å². The molecule has 2 N–H and O–H groups in total. The molecule has 0 unspecified atom stereocenters. The second-order valence-electron chi connectivity index (χ2n) is 7.02. The highest BCUT2D eigenvalue weighted by Crippen LogP contribution is 2.32. The minimum absolute atomic E-state index is 0.101. The average molecular weight is 395 g/mol. The molecule has 7 heteroatoms. The molecule has 0 radical (unpaired) electrons. The van der Waals surface area contributed by atoms with Crippen molar-refractivity contribution in [2.24, 2.45) is 0 Å². The first kappa shape index (κ1) is 17.8. The van der Waals surface area contributed by atoms with Gasteiger partial charge < -0.3 is 10.1 Å². The molecule has 0 aliphatic rings. The fraction of sp³-hybridized carbons (Fsp3) is 0.0435. The molecule has 0 bridgehead atoms. The van der Waals surface area contributed by atoms with Crippen LogP contribution >= 0.6 is 0 Å². The van der Waals surface area contributed by atoms with E-state index in [0.717, 1.165) is 33.4 Å². The highest BCUT2D eigenvalue weighted by Gasteiger charge is 2.19. The molecule has 3 aromatic carbocycles. The Hall–Kier alpha value is -4.26. The Bertz CT molecular complexity index is 1390. The number of aromatic amines is 1. The zero-order valence-electron chi connectivity index (χ0n) is 16.1. The van der Waals surface area contributed by atoms with Crippen molar-refractivity contribution < 1.29 is 9.90 Å². The van der Waals surface area contributed by atoms with E-state index in [-0.39, 0.29) is 5.82 Å². The smallest absolute Gasteiger partial charge is 0.371 e. The van der Waals surface area contributed by atoms with Crippen molar-refractivity contribution in [3.05, 3.63) is 84.2 Å². The number of benzene rings is 3. The SMILES string of the molecule is Cc1cccc(-c2nc(C(=O)O)[nH]c2-c2ccc3nnn(-c4ccccc4)c3c2)c1. The van der Waals surface area contributed by atoms with E-state index in [0.29, 0.717) is 11.4 Å². The lowest BCUT2D eigenvalue weighted by molar-refractivity contribution is 0.0685. The van der Waals surface area contributed by atoms with Crippen LogP contribution in [-0.2, 0) is 0 Å². The normalized spacial score (nSPS) is 11.1. The summed E-state index contributed by atoms with van der Waals surface area (Å²) in [5.74, 6) is -1.21. The minimum Gasteiger partial charge on any atom is -0.475 e. The maximum Gasteiger partial charge on any atom is 0.371 e. The number of aromatic nitrogens is 5. The molecule has 0 saturated carbocycles. The van der Waals surface area contributed by atoms with Gasteiger partial charge in [0.1, 0.15) is 5.52 Å². The number of hydrogen-bond acceptors (Lipinski definition) is 4. The van der Waals surface area contributed by atoms with E-state index in [1.807, 2.05) is 79.7 Å². The zero-order chi connectivity index (χ0) is 20.7. The number of nitrogens with zero attached hydrogens (tertiary/aromatic N) is 4. The van der Waals surface area contributed by atoms with Gasteiger partial charge in [-0.3, -0.25) is 0 Å². The second-order valence-corrected chi connectivity index (χ2v) is 7.02. The molecule has 7 nitrogen and oxygen atoms in total. The lowest BCUT2D eigenvalue weighted by Gasteiger charge is -2.06. The largest absolute Gasteiger partial charge is 0.475 e. The van der Waals surface area contributed by atoms with Gasteiger partial charge in [-0.1, -0.05) is 53.2 Å². The summed E-state index contributed by atoms with van der Waals surface area (Å²) in [6.45, 7) is 1.99. The predicted molar refractivity (Wildman–Crippen MR) is 114 cm³/mol. The van der Waals surface area contributed by atoms with Gasteiger partial charge in [-0.15, -0.1) is 5.10 Å². The van der Waals surface area contributed by atoms with Crippen molar-refractivity contribution in [3.63, 3.8) is 0 Å². The molecule has 2 heterocycles. The molecule has 0 saturated heterocycles. The fourth-order valence-corrected chi connectivity index (χ4v) is 3.52. The molecule has 0 spiro atoms. The third-order valence-electron chi connectivity index (χ3n) is 4.93. The Kier molecular flexibility index (Phi) is 4.14. The van der Waals surface area contributed by atoms with Gasteiger partial charge in [-0.05, 0) is 37.3 Å². The third-order valence-corrected chi connectivity index (χ3v) is 4.93. The van der Waals surface area contributed by atoms with Crippen molar-refractivity contribution >= 4 is 17.0 Å². The summed E-state index contributed by atoms with van der Waals surface area (Å²) in [5.41, 5.74) is 6.42. The van der Waals surface area contributed by atoms with Gasteiger partial charge in [0.2, 0.25) is 5.82 Å². The summed E-state index contributed by atoms with van der Waals surface area (Å²) in [7, 11) is 0. The van der Waals surface area contributed by atoms with Crippen LogP contribution in [0.4, 0.5) is 0 Å². The lowest BCUT2D eigenvalue weighted by Crippen LogP contribution is -1.98. The summed E-state index contributed by atoms with van der Waals surface area (Å²) in [5, 5.41) is 18.0. The van der Waals surface area contributed by atoms with Gasteiger partial charge in [-0.2, -0.15) is 0 Å². The van der Waals surface area contributed by atoms with Crippen molar-refractivity contribution in [1.82, 2.24) is 25.0 Å². The monoisotopic (exact) mass is 395 g/mol. The number of nitrogens with one attached hydrogen (secondary N) is 1. The summed E-state index contributed by atoms with van der Waals surface area (Å²) in [6, 6.07) is 23.3. The molecular weight excluding hydrogens is 378 g/mol. The third kappa shape index (κ3) is 3.02. The number of aromatic carboxylic acids is 1. The van der Waals surface area contributed by atoms with Crippen LogP contribution in [0.1, 0.15) is 16.2 Å². The van der Waals surface area contributed by atoms with Crippen molar-refractivity contribution in [1.29, 1.82) is 0 Å². The number of imidazole rings is 1. The van der Waals surface area contributed by atoms with Crippen LogP contribution in [0.25, 0.3) is 39.2 Å². The van der Waals surface area contributed by atoms with Gasteiger partial charge in [-0.25, -0.2) is 14.5 Å². The highest BCUT2D eigenvalue weighted by molar-refractivity contribution is 5.90. The molecular formula is C23H17N5O2. The predicted octanol–water partition coefficient (Wildman–Crippen LogP) is 4.48. The quantitative estimate of drug-likeness (QED) is 0.467. The van der Waals surface area contributed by atoms with Crippen LogP contribution in [0.2, 0.25) is 0 Å². The Labute approximate surface area is 171 Å². The van der Waals surface area contributed by atoms with E-state index in [1.54, 1.807) is 4.68 Å².